The molecule has 1 unspecified atom stereocenters. The molecule has 0 saturated carbocycles. The van der Waals surface area contributed by atoms with E-state index in [9.17, 15) is 24.5 Å². The van der Waals surface area contributed by atoms with Crippen molar-refractivity contribution >= 4 is 40.8 Å². The predicted molar refractivity (Wildman–Crippen MR) is 115 cm³/mol. The minimum Gasteiger partial charge on any atom is -0.454 e. The molecular weight excluding hydrogens is 426 g/mol. The Balaban J connectivity index is 1.93. The Labute approximate surface area is 183 Å². The quantitative estimate of drug-likeness (QED) is 0.343. The summed E-state index contributed by atoms with van der Waals surface area (Å²) in [5, 5.41) is 16.2. The molecule has 0 spiro atoms. The molecule has 2 aromatic carbocycles. The number of halogens is 1. The second kappa shape index (κ2) is 11.1. The highest BCUT2D eigenvalue weighted by Gasteiger charge is 2.24. The highest BCUT2D eigenvalue weighted by molar-refractivity contribution is 6.30. The molecule has 0 aromatic heterocycles. The fourth-order valence-electron chi connectivity index (χ4n) is 2.63. The summed E-state index contributed by atoms with van der Waals surface area (Å²) in [5.41, 5.74) is 0.542. The first kappa shape index (κ1) is 23.8. The van der Waals surface area contributed by atoms with E-state index in [0.29, 0.717) is 22.7 Å². The van der Waals surface area contributed by atoms with Crippen molar-refractivity contribution in [1.82, 2.24) is 5.32 Å². The second-order valence-electron chi connectivity index (χ2n) is 7.12. The van der Waals surface area contributed by atoms with Crippen LogP contribution in [0, 0.1) is 16.0 Å². The van der Waals surface area contributed by atoms with Crippen molar-refractivity contribution in [1.29, 1.82) is 0 Å². The van der Waals surface area contributed by atoms with Crippen LogP contribution in [0.3, 0.4) is 0 Å². The average molecular weight is 448 g/mol. The SMILES string of the molecule is CC(C)CC(NC(=O)c1ccc(Cl)cc1)C(=O)OCC(=O)Nc1ccc([N+](=O)[O-])cc1. The number of nitrogens with one attached hydrogen (secondary N) is 2. The number of amides is 2. The maximum Gasteiger partial charge on any atom is 0.329 e. The number of anilines is 1. The number of non-ortho nitro benzene ring substituents is 1. The highest BCUT2D eigenvalue weighted by Crippen LogP contribution is 2.15. The van der Waals surface area contributed by atoms with Crippen molar-refractivity contribution in [3.8, 4) is 0 Å². The van der Waals surface area contributed by atoms with Crippen molar-refractivity contribution in [2.75, 3.05) is 11.9 Å². The fraction of sp³-hybridized carbons (Fsp3) is 0.286. The first-order valence-electron chi connectivity index (χ1n) is 9.43. The zero-order valence-corrected chi connectivity index (χ0v) is 17.7. The van der Waals surface area contributed by atoms with Crippen LogP contribution in [0.15, 0.2) is 48.5 Å². The van der Waals surface area contributed by atoms with E-state index in [2.05, 4.69) is 10.6 Å². The van der Waals surface area contributed by atoms with E-state index in [1.807, 2.05) is 13.8 Å². The lowest BCUT2D eigenvalue weighted by Gasteiger charge is -2.19. The van der Waals surface area contributed by atoms with Gasteiger partial charge in [-0.2, -0.15) is 0 Å². The Kier molecular flexibility index (Phi) is 8.51. The van der Waals surface area contributed by atoms with Crippen LogP contribution in [0.2, 0.25) is 5.02 Å². The summed E-state index contributed by atoms with van der Waals surface area (Å²) in [6.45, 7) is 3.20. The topological polar surface area (TPSA) is 128 Å². The Bertz CT molecular complexity index is 945. The summed E-state index contributed by atoms with van der Waals surface area (Å²) in [5.74, 6) is -1.74. The van der Waals surface area contributed by atoms with Crippen molar-refractivity contribution in [2.45, 2.75) is 26.3 Å². The predicted octanol–water partition coefficient (Wildman–Crippen LogP) is 3.57. The summed E-state index contributed by atoms with van der Waals surface area (Å²) in [6.07, 6.45) is 0.322. The summed E-state index contributed by atoms with van der Waals surface area (Å²) >= 11 is 5.82. The van der Waals surface area contributed by atoms with Crippen molar-refractivity contribution in [2.24, 2.45) is 5.92 Å². The number of carbonyl (C=O) groups is 3. The number of hydrogen-bond acceptors (Lipinski definition) is 6. The summed E-state index contributed by atoms with van der Waals surface area (Å²) in [7, 11) is 0. The molecule has 0 fully saturated rings. The molecule has 0 heterocycles. The molecule has 0 radical (unpaired) electrons. The molecule has 31 heavy (non-hydrogen) atoms. The molecule has 0 bridgehead atoms. The fourth-order valence-corrected chi connectivity index (χ4v) is 2.76. The van der Waals surface area contributed by atoms with Crippen molar-refractivity contribution in [3.05, 3.63) is 69.2 Å². The summed E-state index contributed by atoms with van der Waals surface area (Å²) in [4.78, 5) is 47.0. The molecule has 0 aliphatic carbocycles. The standard InChI is InChI=1S/C21H22ClN3O6/c1-13(2)11-18(24-20(27)14-3-5-15(22)6-4-14)21(28)31-12-19(26)23-16-7-9-17(10-8-16)25(29)30/h3-10,13,18H,11-12H2,1-2H3,(H,23,26)(H,24,27). The number of rotatable bonds is 9. The van der Waals surface area contributed by atoms with Crippen LogP contribution in [0.25, 0.3) is 0 Å². The molecule has 2 rings (SSSR count). The molecule has 9 nitrogen and oxygen atoms in total. The summed E-state index contributed by atoms with van der Waals surface area (Å²) in [6, 6.07) is 10.5. The van der Waals surface area contributed by atoms with Gasteiger partial charge in [0.1, 0.15) is 6.04 Å². The van der Waals surface area contributed by atoms with Gasteiger partial charge in [0.2, 0.25) is 0 Å². The van der Waals surface area contributed by atoms with E-state index in [0.717, 1.165) is 0 Å². The minimum absolute atomic E-state index is 0.0806. The number of nitro groups is 1. The lowest BCUT2D eigenvalue weighted by Crippen LogP contribution is -2.43. The number of esters is 1. The molecule has 2 amide bonds. The highest BCUT2D eigenvalue weighted by atomic mass is 35.5. The zero-order valence-electron chi connectivity index (χ0n) is 17.0. The third-order valence-corrected chi connectivity index (χ3v) is 4.36. The van der Waals surface area contributed by atoms with E-state index >= 15 is 0 Å². The lowest BCUT2D eigenvalue weighted by molar-refractivity contribution is -0.384. The number of carbonyl (C=O) groups excluding carboxylic acids is 3. The lowest BCUT2D eigenvalue weighted by atomic mass is 10.0. The van der Waals surface area contributed by atoms with Gasteiger partial charge in [0.15, 0.2) is 6.61 Å². The number of nitro benzene ring substituents is 1. The van der Waals surface area contributed by atoms with Crippen LogP contribution in [-0.2, 0) is 14.3 Å². The van der Waals surface area contributed by atoms with Crippen LogP contribution < -0.4 is 10.6 Å². The molecule has 2 N–H and O–H groups in total. The van der Waals surface area contributed by atoms with E-state index in [1.165, 1.54) is 36.4 Å². The molecule has 10 heteroatoms. The summed E-state index contributed by atoms with van der Waals surface area (Å²) < 4.78 is 5.06. The largest absolute Gasteiger partial charge is 0.454 e. The normalized spacial score (nSPS) is 11.5. The molecular formula is C21H22ClN3O6. The number of benzene rings is 2. The average Bonchev–Trinajstić information content (AvgIpc) is 2.72. The van der Waals surface area contributed by atoms with E-state index in [4.69, 9.17) is 16.3 Å². The number of nitrogens with zero attached hydrogens (tertiary/aromatic N) is 1. The van der Waals surface area contributed by atoms with Crippen molar-refractivity contribution < 1.29 is 24.0 Å². The maximum atomic E-state index is 12.5. The molecule has 164 valence electrons. The van der Waals surface area contributed by atoms with Crippen molar-refractivity contribution in [3.63, 3.8) is 0 Å². The first-order chi connectivity index (χ1) is 14.7. The van der Waals surface area contributed by atoms with Gasteiger partial charge in [0.05, 0.1) is 4.92 Å². The Morgan fingerprint density at radius 1 is 1.06 bits per heavy atom. The van der Waals surface area contributed by atoms with Crippen LogP contribution >= 0.6 is 11.6 Å². The third kappa shape index (κ3) is 7.71. The molecule has 0 saturated heterocycles. The second-order valence-corrected chi connectivity index (χ2v) is 7.56. The van der Waals surface area contributed by atoms with Crippen LogP contribution in [-0.4, -0.2) is 35.4 Å². The Morgan fingerprint density at radius 2 is 1.68 bits per heavy atom. The van der Waals surface area contributed by atoms with Gasteiger partial charge in [-0.3, -0.25) is 19.7 Å². The zero-order chi connectivity index (χ0) is 23.0. The maximum absolute atomic E-state index is 12.5. The Hall–Kier alpha value is -3.46. The van der Waals surface area contributed by atoms with E-state index in [-0.39, 0.29) is 11.6 Å². The molecule has 1 atom stereocenters. The smallest absolute Gasteiger partial charge is 0.329 e. The van der Waals surface area contributed by atoms with Gasteiger partial charge < -0.3 is 15.4 Å². The monoisotopic (exact) mass is 447 g/mol. The van der Waals surface area contributed by atoms with Crippen LogP contribution in [0.4, 0.5) is 11.4 Å². The number of ether oxygens (including phenoxy) is 1. The van der Waals surface area contributed by atoms with Gasteiger partial charge in [-0.1, -0.05) is 25.4 Å². The first-order valence-corrected chi connectivity index (χ1v) is 9.81. The van der Waals surface area contributed by atoms with E-state index < -0.39 is 35.4 Å². The van der Waals surface area contributed by atoms with Gasteiger partial charge in [0.25, 0.3) is 17.5 Å². The van der Waals surface area contributed by atoms with Gasteiger partial charge in [-0.25, -0.2) is 4.79 Å². The van der Waals surface area contributed by atoms with Gasteiger partial charge in [-0.15, -0.1) is 0 Å². The van der Waals surface area contributed by atoms with Crippen LogP contribution in [0.1, 0.15) is 30.6 Å². The Morgan fingerprint density at radius 3 is 2.23 bits per heavy atom. The van der Waals surface area contributed by atoms with Gasteiger partial charge >= 0.3 is 5.97 Å². The van der Waals surface area contributed by atoms with Gasteiger partial charge in [0, 0.05) is 28.4 Å². The molecule has 0 aliphatic heterocycles. The number of hydrogen-bond donors (Lipinski definition) is 2. The van der Waals surface area contributed by atoms with Gasteiger partial charge in [-0.05, 0) is 48.7 Å². The third-order valence-electron chi connectivity index (χ3n) is 4.11. The van der Waals surface area contributed by atoms with E-state index in [1.54, 1.807) is 12.1 Å². The minimum atomic E-state index is -0.935. The molecule has 2 aromatic rings. The molecule has 0 aliphatic rings. The van der Waals surface area contributed by atoms with Crippen LogP contribution in [0.5, 0.6) is 0 Å².